The van der Waals surface area contributed by atoms with E-state index < -0.39 is 0 Å². The number of hydrazone groups is 1. The minimum atomic E-state index is -0.121. The Hall–Kier alpha value is -2.96. The average molecular weight is 339 g/mol. The zero-order chi connectivity index (χ0) is 17.8. The number of fused-ring (bicyclic) bond motifs is 1. The van der Waals surface area contributed by atoms with Crippen molar-refractivity contribution in [2.45, 2.75) is 39.2 Å². The highest BCUT2D eigenvalue weighted by molar-refractivity contribution is 5.93. The Bertz CT molecular complexity index is 825. The Kier molecular flexibility index (Phi) is 4.92. The number of nitrogens with zero attached hydrogens (tertiary/aromatic N) is 3. The van der Waals surface area contributed by atoms with Crippen LogP contribution in [0.3, 0.4) is 0 Å². The molecule has 2 N–H and O–H groups in total. The van der Waals surface area contributed by atoms with Gasteiger partial charge in [-0.2, -0.15) is 10.1 Å². The minimum Gasteiger partial charge on any atom is -0.345 e. The number of aryl methyl sites for hydroxylation is 2. The Labute approximate surface area is 146 Å². The molecule has 1 aliphatic rings. The number of rotatable bonds is 6. The number of aromatic nitrogens is 2. The molecule has 1 aromatic heterocycles. The quantitative estimate of drug-likeness (QED) is 0.479. The molecule has 7 heteroatoms. The molecule has 0 fully saturated rings. The SMILES string of the molecule is C=NN/C=C(\C)C(=O)N[C@@H]1CCc2cc(-c3noc(CC)n3)ccc21. The molecule has 1 amide bonds. The van der Waals surface area contributed by atoms with Crippen LogP contribution in [0.5, 0.6) is 0 Å². The molecule has 25 heavy (non-hydrogen) atoms. The second-order valence-electron chi connectivity index (χ2n) is 5.96. The molecule has 7 nitrogen and oxygen atoms in total. The van der Waals surface area contributed by atoms with Crippen LogP contribution in [-0.4, -0.2) is 22.8 Å². The third-order valence-corrected chi connectivity index (χ3v) is 4.29. The third-order valence-electron chi connectivity index (χ3n) is 4.29. The molecule has 0 unspecified atom stereocenters. The van der Waals surface area contributed by atoms with Crippen LogP contribution in [0.2, 0.25) is 0 Å². The van der Waals surface area contributed by atoms with Gasteiger partial charge < -0.3 is 9.84 Å². The van der Waals surface area contributed by atoms with E-state index in [0.29, 0.717) is 17.3 Å². The van der Waals surface area contributed by atoms with E-state index in [0.717, 1.165) is 30.4 Å². The molecule has 0 bridgehead atoms. The summed E-state index contributed by atoms with van der Waals surface area (Å²) in [6.07, 6.45) is 4.03. The molecule has 1 aromatic carbocycles. The maximum atomic E-state index is 12.2. The molecule has 2 aromatic rings. The fraction of sp³-hybridized carbons (Fsp3) is 0.333. The van der Waals surface area contributed by atoms with Crippen LogP contribution in [0.4, 0.5) is 0 Å². The monoisotopic (exact) mass is 339 g/mol. The van der Waals surface area contributed by atoms with Crippen molar-refractivity contribution in [2.24, 2.45) is 5.10 Å². The van der Waals surface area contributed by atoms with Gasteiger partial charge in [0.15, 0.2) is 0 Å². The predicted octanol–water partition coefficient (Wildman–Crippen LogP) is 2.51. The summed E-state index contributed by atoms with van der Waals surface area (Å²) in [5.41, 5.74) is 6.41. The lowest BCUT2D eigenvalue weighted by Gasteiger charge is -2.14. The van der Waals surface area contributed by atoms with Gasteiger partial charge in [0.25, 0.3) is 0 Å². The van der Waals surface area contributed by atoms with Crippen molar-refractivity contribution >= 4 is 12.6 Å². The summed E-state index contributed by atoms with van der Waals surface area (Å²) in [4.78, 5) is 16.6. The van der Waals surface area contributed by atoms with E-state index in [1.165, 1.54) is 11.8 Å². The second-order valence-corrected chi connectivity index (χ2v) is 5.96. The highest BCUT2D eigenvalue weighted by atomic mass is 16.5. The lowest BCUT2D eigenvalue weighted by Crippen LogP contribution is -2.28. The van der Waals surface area contributed by atoms with Crippen molar-refractivity contribution in [3.63, 3.8) is 0 Å². The number of benzene rings is 1. The van der Waals surface area contributed by atoms with Crippen LogP contribution >= 0.6 is 0 Å². The van der Waals surface area contributed by atoms with Crippen molar-refractivity contribution in [1.29, 1.82) is 0 Å². The van der Waals surface area contributed by atoms with Crippen LogP contribution in [0.1, 0.15) is 43.3 Å². The molecule has 0 saturated carbocycles. The van der Waals surface area contributed by atoms with Gasteiger partial charge in [-0.3, -0.25) is 10.2 Å². The average Bonchev–Trinajstić information content (AvgIpc) is 3.26. The van der Waals surface area contributed by atoms with Crippen LogP contribution in [0.15, 0.2) is 39.6 Å². The second kappa shape index (κ2) is 7.29. The molecule has 1 atom stereocenters. The Morgan fingerprint density at radius 3 is 3.08 bits per heavy atom. The molecular formula is C18H21N5O2. The van der Waals surface area contributed by atoms with E-state index in [2.05, 4.69) is 38.8 Å². The van der Waals surface area contributed by atoms with E-state index in [-0.39, 0.29) is 11.9 Å². The van der Waals surface area contributed by atoms with Crippen molar-refractivity contribution in [2.75, 3.05) is 0 Å². The summed E-state index contributed by atoms with van der Waals surface area (Å²) in [6, 6.07) is 6.10. The first-order valence-corrected chi connectivity index (χ1v) is 8.27. The molecule has 0 saturated heterocycles. The first-order chi connectivity index (χ1) is 12.1. The summed E-state index contributed by atoms with van der Waals surface area (Å²) in [5, 5.41) is 10.6. The van der Waals surface area contributed by atoms with E-state index in [4.69, 9.17) is 4.52 Å². The molecule has 0 radical (unpaired) electrons. The van der Waals surface area contributed by atoms with Crippen molar-refractivity contribution in [3.8, 4) is 11.4 Å². The molecule has 1 aliphatic carbocycles. The Morgan fingerprint density at radius 2 is 2.36 bits per heavy atom. The van der Waals surface area contributed by atoms with Crippen LogP contribution < -0.4 is 10.7 Å². The van der Waals surface area contributed by atoms with Crippen LogP contribution in [-0.2, 0) is 17.6 Å². The van der Waals surface area contributed by atoms with Gasteiger partial charge in [-0.25, -0.2) is 0 Å². The zero-order valence-corrected chi connectivity index (χ0v) is 14.4. The number of hydrogen-bond acceptors (Lipinski definition) is 6. The van der Waals surface area contributed by atoms with Gasteiger partial charge in [-0.05, 0) is 37.0 Å². The molecule has 0 aliphatic heterocycles. The molecular weight excluding hydrogens is 318 g/mol. The summed E-state index contributed by atoms with van der Waals surface area (Å²) >= 11 is 0. The van der Waals surface area contributed by atoms with Crippen molar-refractivity contribution in [3.05, 3.63) is 47.0 Å². The standard InChI is InChI=1S/C18H21N5O2/c1-4-16-22-17(23-25-16)13-5-7-14-12(9-13)6-8-15(14)21-18(24)11(2)10-20-19-3/h5,7,9-10,15,20H,3-4,6,8H2,1-2H3,(H,21,24)/b11-10+/t15-/m1/s1. The molecule has 130 valence electrons. The lowest BCUT2D eigenvalue weighted by atomic mass is 10.0. The number of amides is 1. The Morgan fingerprint density at radius 1 is 1.52 bits per heavy atom. The van der Waals surface area contributed by atoms with E-state index in [1.807, 2.05) is 19.1 Å². The lowest BCUT2D eigenvalue weighted by molar-refractivity contribution is -0.118. The normalized spacial score (nSPS) is 16.4. The predicted molar refractivity (Wildman–Crippen MR) is 94.8 cm³/mol. The molecule has 3 rings (SSSR count). The van der Waals surface area contributed by atoms with Gasteiger partial charge in [0.05, 0.1) is 6.04 Å². The van der Waals surface area contributed by atoms with E-state index >= 15 is 0 Å². The van der Waals surface area contributed by atoms with Gasteiger partial charge in [-0.1, -0.05) is 24.2 Å². The maximum absolute atomic E-state index is 12.2. The number of carbonyl (C=O) groups is 1. The number of hydrogen-bond donors (Lipinski definition) is 2. The number of nitrogens with one attached hydrogen (secondary N) is 2. The summed E-state index contributed by atoms with van der Waals surface area (Å²) in [7, 11) is 0. The first-order valence-electron chi connectivity index (χ1n) is 8.27. The highest BCUT2D eigenvalue weighted by Gasteiger charge is 2.25. The van der Waals surface area contributed by atoms with Gasteiger partial charge >= 0.3 is 0 Å². The smallest absolute Gasteiger partial charge is 0.248 e. The van der Waals surface area contributed by atoms with E-state index in [1.54, 1.807) is 6.92 Å². The Balaban J connectivity index is 1.75. The molecule has 1 heterocycles. The van der Waals surface area contributed by atoms with Crippen LogP contribution in [0, 0.1) is 0 Å². The largest absolute Gasteiger partial charge is 0.345 e. The molecule has 0 spiro atoms. The van der Waals surface area contributed by atoms with Crippen LogP contribution in [0.25, 0.3) is 11.4 Å². The van der Waals surface area contributed by atoms with Gasteiger partial charge in [0, 0.05) is 30.5 Å². The van der Waals surface area contributed by atoms with Gasteiger partial charge in [0.2, 0.25) is 17.6 Å². The van der Waals surface area contributed by atoms with Crippen molar-refractivity contribution < 1.29 is 9.32 Å². The summed E-state index contributed by atoms with van der Waals surface area (Å²) < 4.78 is 5.18. The first kappa shape index (κ1) is 16.9. The van der Waals surface area contributed by atoms with Crippen molar-refractivity contribution in [1.82, 2.24) is 20.9 Å². The highest BCUT2D eigenvalue weighted by Crippen LogP contribution is 2.33. The fourth-order valence-corrected chi connectivity index (χ4v) is 2.90. The summed E-state index contributed by atoms with van der Waals surface area (Å²) in [6.45, 7) is 7.02. The maximum Gasteiger partial charge on any atom is 0.248 e. The van der Waals surface area contributed by atoms with Gasteiger partial charge in [-0.15, -0.1) is 0 Å². The topological polar surface area (TPSA) is 92.4 Å². The minimum absolute atomic E-state index is 0.00746. The third kappa shape index (κ3) is 3.60. The fourth-order valence-electron chi connectivity index (χ4n) is 2.90. The number of carbonyl (C=O) groups excluding carboxylic acids is 1. The zero-order valence-electron chi connectivity index (χ0n) is 14.4. The van der Waals surface area contributed by atoms with E-state index in [9.17, 15) is 4.79 Å². The summed E-state index contributed by atoms with van der Waals surface area (Å²) in [5.74, 6) is 1.11. The van der Waals surface area contributed by atoms with Gasteiger partial charge in [0.1, 0.15) is 0 Å².